The number of nitrogens with zero attached hydrogens (tertiary/aromatic N) is 2. The minimum atomic E-state index is 0.615. The molecule has 76 valence electrons. The first-order valence-electron chi connectivity index (χ1n) is 4.99. The Morgan fingerprint density at radius 3 is 2.57 bits per heavy atom. The highest BCUT2D eigenvalue weighted by molar-refractivity contribution is 5.14. The summed E-state index contributed by atoms with van der Waals surface area (Å²) in [5.41, 5.74) is 1.13. The van der Waals surface area contributed by atoms with E-state index in [2.05, 4.69) is 12.2 Å². The van der Waals surface area contributed by atoms with Gasteiger partial charge in [0.15, 0.2) is 0 Å². The van der Waals surface area contributed by atoms with Crippen molar-refractivity contribution < 1.29 is 0 Å². The van der Waals surface area contributed by atoms with E-state index < -0.39 is 0 Å². The molecule has 0 heterocycles. The smallest absolute Gasteiger partial charge is 0.0642 e. The maximum atomic E-state index is 10.5. The number of benzene rings is 1. The van der Waals surface area contributed by atoms with E-state index in [4.69, 9.17) is 0 Å². The summed E-state index contributed by atoms with van der Waals surface area (Å²) in [7, 11) is 0. The van der Waals surface area contributed by atoms with Crippen LogP contribution in [0.4, 0.5) is 0 Å². The van der Waals surface area contributed by atoms with Crippen molar-refractivity contribution in [3.8, 4) is 0 Å². The lowest BCUT2D eigenvalue weighted by Gasteiger charge is -2.14. The predicted octanol–water partition coefficient (Wildman–Crippen LogP) is 2.97. The molecule has 1 aromatic carbocycles. The molecule has 0 aliphatic rings. The molecule has 1 rings (SSSR count). The second-order valence-electron chi connectivity index (χ2n) is 3.31. The Bertz CT molecular complexity index is 261. The SMILES string of the molecule is CCCCN(Cc1ccccc1)N=O. The molecule has 0 aromatic heterocycles. The van der Waals surface area contributed by atoms with Crippen LogP contribution in [-0.4, -0.2) is 11.6 Å². The summed E-state index contributed by atoms with van der Waals surface area (Å²) in [6.45, 7) is 3.46. The zero-order valence-electron chi connectivity index (χ0n) is 8.52. The molecule has 0 N–H and O–H groups in total. The fraction of sp³-hybridized carbons (Fsp3) is 0.455. The standard InChI is InChI=1S/C11H16N2O/c1-2-3-9-13(12-14)10-11-7-5-4-6-8-11/h4-8H,2-3,9-10H2,1H3. The van der Waals surface area contributed by atoms with Gasteiger partial charge in [-0.25, -0.2) is 0 Å². The van der Waals surface area contributed by atoms with E-state index in [1.807, 2.05) is 30.3 Å². The lowest BCUT2D eigenvalue weighted by atomic mass is 10.2. The molecule has 0 saturated carbocycles. The van der Waals surface area contributed by atoms with Crippen molar-refractivity contribution >= 4 is 0 Å². The quantitative estimate of drug-likeness (QED) is 0.512. The Morgan fingerprint density at radius 2 is 2.00 bits per heavy atom. The van der Waals surface area contributed by atoms with E-state index in [0.29, 0.717) is 6.54 Å². The first-order valence-corrected chi connectivity index (χ1v) is 4.99. The van der Waals surface area contributed by atoms with Crippen LogP contribution in [0.1, 0.15) is 25.3 Å². The van der Waals surface area contributed by atoms with Gasteiger partial charge >= 0.3 is 0 Å². The number of rotatable bonds is 6. The average Bonchev–Trinajstić information content (AvgIpc) is 2.25. The molecular weight excluding hydrogens is 176 g/mol. The topological polar surface area (TPSA) is 32.7 Å². The predicted molar refractivity (Wildman–Crippen MR) is 57.6 cm³/mol. The van der Waals surface area contributed by atoms with Crippen molar-refractivity contribution in [2.45, 2.75) is 26.3 Å². The maximum Gasteiger partial charge on any atom is 0.0642 e. The zero-order chi connectivity index (χ0) is 10.2. The Balaban J connectivity index is 2.44. The minimum absolute atomic E-state index is 0.615. The van der Waals surface area contributed by atoms with Crippen LogP contribution in [0.5, 0.6) is 0 Å². The first-order chi connectivity index (χ1) is 6.86. The van der Waals surface area contributed by atoms with E-state index in [0.717, 1.165) is 24.9 Å². The fourth-order valence-electron chi connectivity index (χ4n) is 1.28. The summed E-state index contributed by atoms with van der Waals surface area (Å²) < 4.78 is 0. The second kappa shape index (κ2) is 6.13. The van der Waals surface area contributed by atoms with Crippen molar-refractivity contribution in [1.82, 2.24) is 5.01 Å². The molecule has 3 heteroatoms. The van der Waals surface area contributed by atoms with Gasteiger partial charge in [0, 0.05) is 6.54 Å². The maximum absolute atomic E-state index is 10.5. The molecule has 0 fully saturated rings. The first kappa shape index (κ1) is 10.7. The van der Waals surface area contributed by atoms with Crippen molar-refractivity contribution in [2.24, 2.45) is 5.29 Å². The molecule has 0 radical (unpaired) electrons. The van der Waals surface area contributed by atoms with Crippen LogP contribution in [0.15, 0.2) is 35.6 Å². The summed E-state index contributed by atoms with van der Waals surface area (Å²) in [5.74, 6) is 0. The van der Waals surface area contributed by atoms with Gasteiger partial charge in [-0.05, 0) is 12.0 Å². The largest absolute Gasteiger partial charge is 0.256 e. The summed E-state index contributed by atoms with van der Waals surface area (Å²) in [6, 6.07) is 9.92. The molecule has 0 aliphatic heterocycles. The molecule has 0 unspecified atom stereocenters. The normalized spacial score (nSPS) is 9.79. The Morgan fingerprint density at radius 1 is 1.29 bits per heavy atom. The van der Waals surface area contributed by atoms with E-state index >= 15 is 0 Å². The van der Waals surface area contributed by atoms with Gasteiger partial charge in [-0.3, -0.25) is 5.01 Å². The Hall–Kier alpha value is -1.38. The van der Waals surface area contributed by atoms with E-state index in [-0.39, 0.29) is 0 Å². The van der Waals surface area contributed by atoms with E-state index in [1.165, 1.54) is 0 Å². The molecule has 0 aliphatic carbocycles. The third-order valence-electron chi connectivity index (χ3n) is 2.09. The molecule has 3 nitrogen and oxygen atoms in total. The highest BCUT2D eigenvalue weighted by Gasteiger charge is 2.02. The van der Waals surface area contributed by atoms with Crippen molar-refractivity contribution in [1.29, 1.82) is 0 Å². The van der Waals surface area contributed by atoms with Crippen LogP contribution in [0.25, 0.3) is 0 Å². The van der Waals surface area contributed by atoms with Gasteiger partial charge in [-0.1, -0.05) is 43.7 Å². The molecule has 1 aromatic rings. The molecule has 0 spiro atoms. The van der Waals surface area contributed by atoms with Crippen molar-refractivity contribution in [2.75, 3.05) is 6.54 Å². The molecule has 0 bridgehead atoms. The molecular formula is C11H16N2O. The van der Waals surface area contributed by atoms with E-state index in [1.54, 1.807) is 5.01 Å². The minimum Gasteiger partial charge on any atom is -0.256 e. The van der Waals surface area contributed by atoms with Crippen LogP contribution in [0.2, 0.25) is 0 Å². The Kier molecular flexibility index (Phi) is 4.69. The van der Waals surface area contributed by atoms with Gasteiger partial charge in [-0.15, -0.1) is 4.91 Å². The summed E-state index contributed by atoms with van der Waals surface area (Å²) in [5, 5.41) is 4.57. The third-order valence-corrected chi connectivity index (χ3v) is 2.09. The van der Waals surface area contributed by atoms with Crippen LogP contribution in [0, 0.1) is 4.91 Å². The van der Waals surface area contributed by atoms with E-state index in [9.17, 15) is 4.91 Å². The number of nitroso groups, excluding NO2 is 1. The highest BCUT2D eigenvalue weighted by atomic mass is 16.3. The highest BCUT2D eigenvalue weighted by Crippen LogP contribution is 2.05. The molecule has 14 heavy (non-hydrogen) atoms. The number of hydrogen-bond donors (Lipinski definition) is 0. The molecule has 0 amide bonds. The van der Waals surface area contributed by atoms with Gasteiger partial charge in [-0.2, -0.15) is 0 Å². The van der Waals surface area contributed by atoms with Gasteiger partial charge in [0.25, 0.3) is 0 Å². The third kappa shape index (κ3) is 3.56. The Labute approximate surface area is 84.7 Å². The monoisotopic (exact) mass is 192 g/mol. The van der Waals surface area contributed by atoms with Gasteiger partial charge in [0.1, 0.15) is 0 Å². The van der Waals surface area contributed by atoms with Crippen LogP contribution < -0.4 is 0 Å². The molecule has 0 saturated heterocycles. The molecule has 0 atom stereocenters. The lowest BCUT2D eigenvalue weighted by molar-refractivity contribution is 0.271. The average molecular weight is 192 g/mol. The zero-order valence-corrected chi connectivity index (χ0v) is 8.52. The fourth-order valence-corrected chi connectivity index (χ4v) is 1.28. The van der Waals surface area contributed by atoms with Crippen LogP contribution in [-0.2, 0) is 6.54 Å². The van der Waals surface area contributed by atoms with Crippen molar-refractivity contribution in [3.63, 3.8) is 0 Å². The summed E-state index contributed by atoms with van der Waals surface area (Å²) >= 11 is 0. The number of hydrogen-bond acceptors (Lipinski definition) is 2. The summed E-state index contributed by atoms with van der Waals surface area (Å²) in [6.07, 6.45) is 2.10. The van der Waals surface area contributed by atoms with Crippen LogP contribution >= 0.6 is 0 Å². The lowest BCUT2D eigenvalue weighted by Crippen LogP contribution is -2.17. The summed E-state index contributed by atoms with van der Waals surface area (Å²) in [4.78, 5) is 10.5. The van der Waals surface area contributed by atoms with Crippen LogP contribution in [0.3, 0.4) is 0 Å². The van der Waals surface area contributed by atoms with Gasteiger partial charge < -0.3 is 0 Å². The second-order valence-corrected chi connectivity index (χ2v) is 3.31. The number of unbranched alkanes of at least 4 members (excludes halogenated alkanes) is 1. The van der Waals surface area contributed by atoms with Crippen molar-refractivity contribution in [3.05, 3.63) is 40.8 Å². The van der Waals surface area contributed by atoms with Gasteiger partial charge in [0.05, 0.1) is 11.8 Å². The van der Waals surface area contributed by atoms with Gasteiger partial charge in [0.2, 0.25) is 0 Å².